The second-order valence-corrected chi connectivity index (χ2v) is 6.29. The summed E-state index contributed by atoms with van der Waals surface area (Å²) in [5.74, 6) is 3.48. The van der Waals surface area contributed by atoms with Crippen LogP contribution in [-0.2, 0) is 4.74 Å². The fourth-order valence-corrected chi connectivity index (χ4v) is 3.08. The van der Waals surface area contributed by atoms with Gasteiger partial charge in [-0.05, 0) is 31.4 Å². The third-order valence-corrected chi connectivity index (χ3v) is 4.54. The molecule has 116 valence electrons. The van der Waals surface area contributed by atoms with Gasteiger partial charge in [0.25, 0.3) is 0 Å². The van der Waals surface area contributed by atoms with Crippen LogP contribution in [0, 0.1) is 0 Å². The first-order valence-corrected chi connectivity index (χ1v) is 8.15. The number of para-hydroxylation sites is 2. The predicted octanol–water partition coefficient (Wildman–Crippen LogP) is 2.59. The SMILES string of the molecule is c1ccc2nc(-n3nc([C@H]4CCOC4)nc3C3CC3)cnc2c1. The van der Waals surface area contributed by atoms with E-state index >= 15 is 0 Å². The van der Waals surface area contributed by atoms with E-state index in [1.807, 2.05) is 28.9 Å². The van der Waals surface area contributed by atoms with Crippen molar-refractivity contribution < 1.29 is 4.74 Å². The highest BCUT2D eigenvalue weighted by Gasteiger charge is 2.33. The van der Waals surface area contributed by atoms with Gasteiger partial charge in [-0.3, -0.25) is 4.98 Å². The van der Waals surface area contributed by atoms with Crippen LogP contribution in [0.15, 0.2) is 30.5 Å². The first-order valence-electron chi connectivity index (χ1n) is 8.15. The fourth-order valence-electron chi connectivity index (χ4n) is 3.08. The lowest BCUT2D eigenvalue weighted by atomic mass is 10.1. The number of hydrogen-bond acceptors (Lipinski definition) is 5. The number of aromatic nitrogens is 5. The molecule has 2 fully saturated rings. The maximum absolute atomic E-state index is 5.48. The number of hydrogen-bond donors (Lipinski definition) is 0. The zero-order chi connectivity index (χ0) is 15.2. The Morgan fingerprint density at radius 2 is 1.87 bits per heavy atom. The van der Waals surface area contributed by atoms with Crippen molar-refractivity contribution in [1.82, 2.24) is 24.7 Å². The Balaban J connectivity index is 1.62. The summed E-state index contributed by atoms with van der Waals surface area (Å²) in [6.07, 6.45) is 5.15. The lowest BCUT2D eigenvalue weighted by Crippen LogP contribution is -2.06. The summed E-state index contributed by atoms with van der Waals surface area (Å²) in [5.41, 5.74) is 1.78. The van der Waals surface area contributed by atoms with E-state index in [1.54, 1.807) is 6.20 Å². The van der Waals surface area contributed by atoms with Crippen LogP contribution in [0.3, 0.4) is 0 Å². The van der Waals surface area contributed by atoms with Gasteiger partial charge in [0.2, 0.25) is 0 Å². The molecule has 1 aromatic carbocycles. The Hall–Kier alpha value is -2.34. The van der Waals surface area contributed by atoms with Gasteiger partial charge in [0.05, 0.1) is 23.8 Å². The number of benzene rings is 1. The molecule has 0 spiro atoms. The van der Waals surface area contributed by atoms with E-state index in [0.717, 1.165) is 48.1 Å². The van der Waals surface area contributed by atoms with Crippen LogP contribution in [0.2, 0.25) is 0 Å². The third-order valence-electron chi connectivity index (χ3n) is 4.54. The second kappa shape index (κ2) is 5.09. The van der Waals surface area contributed by atoms with Crippen molar-refractivity contribution in [2.75, 3.05) is 13.2 Å². The average molecular weight is 307 g/mol. The van der Waals surface area contributed by atoms with Gasteiger partial charge in [0.1, 0.15) is 5.82 Å². The minimum absolute atomic E-state index is 0.308. The van der Waals surface area contributed by atoms with Crippen molar-refractivity contribution in [1.29, 1.82) is 0 Å². The molecule has 6 heteroatoms. The lowest BCUT2D eigenvalue weighted by molar-refractivity contribution is 0.193. The van der Waals surface area contributed by atoms with Crippen molar-refractivity contribution in [3.63, 3.8) is 0 Å². The third kappa shape index (κ3) is 2.30. The van der Waals surface area contributed by atoms with Crippen LogP contribution >= 0.6 is 0 Å². The van der Waals surface area contributed by atoms with Gasteiger partial charge >= 0.3 is 0 Å². The monoisotopic (exact) mass is 307 g/mol. The Labute approximate surface area is 133 Å². The maximum Gasteiger partial charge on any atom is 0.174 e. The molecule has 23 heavy (non-hydrogen) atoms. The normalized spacial score (nSPS) is 21.1. The van der Waals surface area contributed by atoms with Crippen molar-refractivity contribution in [3.05, 3.63) is 42.1 Å². The summed E-state index contributed by atoms with van der Waals surface area (Å²) in [6, 6.07) is 7.90. The molecule has 1 saturated carbocycles. The van der Waals surface area contributed by atoms with E-state index in [-0.39, 0.29) is 0 Å². The lowest BCUT2D eigenvalue weighted by Gasteiger charge is -2.05. The van der Waals surface area contributed by atoms with Crippen molar-refractivity contribution in [3.8, 4) is 5.82 Å². The van der Waals surface area contributed by atoms with Gasteiger partial charge < -0.3 is 4.74 Å². The molecule has 1 aliphatic carbocycles. The molecule has 1 atom stereocenters. The average Bonchev–Trinajstić information content (AvgIpc) is 3.12. The van der Waals surface area contributed by atoms with Crippen LogP contribution in [0.25, 0.3) is 16.9 Å². The van der Waals surface area contributed by atoms with Crippen LogP contribution in [-0.4, -0.2) is 37.9 Å². The quantitative estimate of drug-likeness (QED) is 0.744. The molecule has 0 N–H and O–H groups in total. The highest BCUT2D eigenvalue weighted by molar-refractivity contribution is 5.74. The molecule has 0 bridgehead atoms. The predicted molar refractivity (Wildman–Crippen MR) is 84.6 cm³/mol. The molecule has 2 aliphatic rings. The zero-order valence-corrected chi connectivity index (χ0v) is 12.7. The van der Waals surface area contributed by atoms with Gasteiger partial charge in [-0.1, -0.05) is 12.1 Å². The van der Waals surface area contributed by atoms with E-state index in [4.69, 9.17) is 19.8 Å². The van der Waals surface area contributed by atoms with E-state index < -0.39 is 0 Å². The van der Waals surface area contributed by atoms with Crippen LogP contribution in [0.4, 0.5) is 0 Å². The molecule has 2 aromatic heterocycles. The summed E-state index contributed by atoms with van der Waals surface area (Å²) < 4.78 is 7.38. The Kier molecular flexibility index (Phi) is 2.91. The van der Waals surface area contributed by atoms with Crippen molar-refractivity contribution in [2.45, 2.75) is 31.1 Å². The fraction of sp³-hybridized carbons (Fsp3) is 0.412. The number of ether oxygens (including phenoxy) is 1. The Morgan fingerprint density at radius 3 is 2.65 bits per heavy atom. The molecule has 1 aliphatic heterocycles. The van der Waals surface area contributed by atoms with Crippen LogP contribution in [0.1, 0.15) is 42.7 Å². The first kappa shape index (κ1) is 13.1. The van der Waals surface area contributed by atoms with Gasteiger partial charge in [0.15, 0.2) is 11.6 Å². The molecule has 5 rings (SSSR count). The summed E-state index contributed by atoms with van der Waals surface area (Å²) in [4.78, 5) is 14.0. The van der Waals surface area contributed by atoms with E-state index in [1.165, 1.54) is 12.8 Å². The summed E-state index contributed by atoms with van der Waals surface area (Å²) in [5, 5.41) is 4.75. The largest absolute Gasteiger partial charge is 0.381 e. The van der Waals surface area contributed by atoms with E-state index in [9.17, 15) is 0 Å². The zero-order valence-electron chi connectivity index (χ0n) is 12.7. The van der Waals surface area contributed by atoms with Gasteiger partial charge in [0, 0.05) is 18.4 Å². The summed E-state index contributed by atoms with van der Waals surface area (Å²) >= 11 is 0. The number of fused-ring (bicyclic) bond motifs is 1. The molecular weight excluding hydrogens is 290 g/mol. The number of rotatable bonds is 3. The summed E-state index contributed by atoms with van der Waals surface area (Å²) in [7, 11) is 0. The highest BCUT2D eigenvalue weighted by Crippen LogP contribution is 2.40. The van der Waals surface area contributed by atoms with Gasteiger partial charge in [-0.2, -0.15) is 4.68 Å². The molecular formula is C17H17N5O. The Bertz CT molecular complexity index is 864. The number of nitrogens with zero attached hydrogens (tertiary/aromatic N) is 5. The molecule has 0 radical (unpaired) electrons. The summed E-state index contributed by atoms with van der Waals surface area (Å²) in [6.45, 7) is 1.52. The van der Waals surface area contributed by atoms with Gasteiger partial charge in [-0.15, -0.1) is 5.10 Å². The minimum Gasteiger partial charge on any atom is -0.381 e. The second-order valence-electron chi connectivity index (χ2n) is 6.29. The van der Waals surface area contributed by atoms with E-state index in [0.29, 0.717) is 11.8 Å². The smallest absolute Gasteiger partial charge is 0.174 e. The van der Waals surface area contributed by atoms with Crippen LogP contribution in [0.5, 0.6) is 0 Å². The topological polar surface area (TPSA) is 65.7 Å². The van der Waals surface area contributed by atoms with Gasteiger partial charge in [-0.25, -0.2) is 9.97 Å². The minimum atomic E-state index is 0.308. The van der Waals surface area contributed by atoms with Crippen LogP contribution < -0.4 is 0 Å². The maximum atomic E-state index is 5.48. The Morgan fingerprint density at radius 1 is 1.00 bits per heavy atom. The molecule has 0 unspecified atom stereocenters. The molecule has 1 saturated heterocycles. The molecule has 0 amide bonds. The molecule has 3 aromatic rings. The van der Waals surface area contributed by atoms with Crippen molar-refractivity contribution in [2.24, 2.45) is 0 Å². The molecule has 3 heterocycles. The van der Waals surface area contributed by atoms with Crippen molar-refractivity contribution >= 4 is 11.0 Å². The standard InChI is InChI=1S/C17H17N5O/c1-2-4-14-13(3-1)18-9-15(19-14)22-17(11-5-6-11)20-16(21-22)12-7-8-23-10-12/h1-4,9,11-12H,5-8,10H2/t12-/m0/s1. The highest BCUT2D eigenvalue weighted by atomic mass is 16.5. The first-order chi connectivity index (χ1) is 11.4. The van der Waals surface area contributed by atoms with E-state index in [2.05, 4.69) is 4.98 Å². The molecule has 6 nitrogen and oxygen atoms in total.